The van der Waals surface area contributed by atoms with Gasteiger partial charge in [-0.05, 0) is 26.3 Å². The first-order chi connectivity index (χ1) is 11.4. The van der Waals surface area contributed by atoms with Gasteiger partial charge in [0.1, 0.15) is 0 Å². The summed E-state index contributed by atoms with van der Waals surface area (Å²) in [5.41, 5.74) is 2.31. The van der Waals surface area contributed by atoms with Crippen LogP contribution in [0, 0.1) is 12.8 Å². The van der Waals surface area contributed by atoms with Gasteiger partial charge in [0, 0.05) is 32.6 Å². The van der Waals surface area contributed by atoms with Crippen LogP contribution in [-0.4, -0.2) is 53.5 Å². The third kappa shape index (κ3) is 3.78. The summed E-state index contributed by atoms with van der Waals surface area (Å²) in [6.07, 6.45) is 0.432. The monoisotopic (exact) mass is 330 g/mol. The van der Waals surface area contributed by atoms with Gasteiger partial charge in [0.2, 0.25) is 11.8 Å². The Morgan fingerprint density at radius 2 is 1.75 bits per heavy atom. The third-order valence-corrected chi connectivity index (χ3v) is 4.79. The number of nitrogens with zero attached hydrogens (tertiary/aromatic N) is 2. The second kappa shape index (κ2) is 6.93. The number of rotatable bonds is 3. The van der Waals surface area contributed by atoms with E-state index in [-0.39, 0.29) is 29.9 Å². The third-order valence-electron chi connectivity index (χ3n) is 4.79. The molecule has 3 unspecified atom stereocenters. The fourth-order valence-electron chi connectivity index (χ4n) is 3.62. The minimum Gasteiger partial charge on any atom is -0.372 e. The molecule has 0 radical (unpaired) electrons. The Balaban J connectivity index is 1.61. The summed E-state index contributed by atoms with van der Waals surface area (Å²) in [5, 5.41) is 0. The van der Waals surface area contributed by atoms with Gasteiger partial charge in [-0.3, -0.25) is 9.59 Å². The fraction of sp³-hybridized carbons (Fsp3) is 0.579. The molecular formula is C19H26N2O3. The van der Waals surface area contributed by atoms with Crippen molar-refractivity contribution < 1.29 is 14.3 Å². The summed E-state index contributed by atoms with van der Waals surface area (Å²) >= 11 is 0. The van der Waals surface area contributed by atoms with E-state index in [1.807, 2.05) is 37.8 Å². The van der Waals surface area contributed by atoms with E-state index in [4.69, 9.17) is 4.74 Å². The number of amides is 2. The summed E-state index contributed by atoms with van der Waals surface area (Å²) < 4.78 is 5.69. The molecule has 5 nitrogen and oxygen atoms in total. The van der Waals surface area contributed by atoms with Gasteiger partial charge in [0.25, 0.3) is 0 Å². The van der Waals surface area contributed by atoms with Crippen molar-refractivity contribution >= 4 is 11.8 Å². The highest BCUT2D eigenvalue weighted by molar-refractivity contribution is 5.89. The van der Waals surface area contributed by atoms with Crippen LogP contribution >= 0.6 is 0 Å². The van der Waals surface area contributed by atoms with Gasteiger partial charge in [-0.2, -0.15) is 0 Å². The van der Waals surface area contributed by atoms with Crippen LogP contribution in [0.1, 0.15) is 31.4 Å². The van der Waals surface area contributed by atoms with Crippen molar-refractivity contribution in [1.29, 1.82) is 0 Å². The van der Waals surface area contributed by atoms with E-state index in [0.29, 0.717) is 32.6 Å². The van der Waals surface area contributed by atoms with Crippen molar-refractivity contribution in [3.05, 3.63) is 35.4 Å². The highest BCUT2D eigenvalue weighted by Gasteiger charge is 2.38. The van der Waals surface area contributed by atoms with Crippen LogP contribution in [0.2, 0.25) is 0 Å². The molecule has 1 aromatic rings. The van der Waals surface area contributed by atoms with Crippen LogP contribution < -0.4 is 0 Å². The van der Waals surface area contributed by atoms with Crippen molar-refractivity contribution in [3.63, 3.8) is 0 Å². The molecule has 0 N–H and O–H groups in total. The summed E-state index contributed by atoms with van der Waals surface area (Å²) in [6.45, 7) is 8.35. The van der Waals surface area contributed by atoms with Crippen LogP contribution in [0.4, 0.5) is 0 Å². The molecule has 2 aliphatic rings. The number of likely N-dealkylation sites (tertiary alicyclic amines) is 1. The number of carbonyl (C=O) groups is 2. The van der Waals surface area contributed by atoms with Crippen molar-refractivity contribution in [3.8, 4) is 0 Å². The maximum atomic E-state index is 12.8. The van der Waals surface area contributed by atoms with E-state index in [1.165, 1.54) is 5.56 Å². The lowest BCUT2D eigenvalue weighted by molar-refractivity contribution is -0.147. The van der Waals surface area contributed by atoms with E-state index >= 15 is 0 Å². The molecule has 0 aliphatic carbocycles. The quantitative estimate of drug-likeness (QED) is 0.851. The zero-order chi connectivity index (χ0) is 17.3. The molecule has 2 fully saturated rings. The van der Waals surface area contributed by atoms with Crippen LogP contribution in [0.5, 0.6) is 0 Å². The molecule has 3 atom stereocenters. The molecule has 2 aliphatic heterocycles. The van der Waals surface area contributed by atoms with Gasteiger partial charge in [-0.25, -0.2) is 0 Å². The number of ether oxygens (including phenoxy) is 1. The maximum absolute atomic E-state index is 12.8. The minimum absolute atomic E-state index is 0.0541. The van der Waals surface area contributed by atoms with Crippen LogP contribution in [0.15, 0.2) is 24.3 Å². The van der Waals surface area contributed by atoms with Gasteiger partial charge < -0.3 is 14.5 Å². The van der Waals surface area contributed by atoms with Crippen LogP contribution in [0.3, 0.4) is 0 Å². The van der Waals surface area contributed by atoms with Crippen LogP contribution in [0.25, 0.3) is 0 Å². The Bertz CT molecular complexity index is 604. The standard InChI is InChI=1S/C19H26N2O3/c1-13-4-6-16(7-5-13)11-20-12-17(8-18(20)22)19(23)21-9-14(2)24-15(3)10-21/h4-7,14-15,17H,8-12H2,1-3H3. The molecule has 24 heavy (non-hydrogen) atoms. The predicted octanol–water partition coefficient (Wildman–Crippen LogP) is 1.98. The van der Waals surface area contributed by atoms with Gasteiger partial charge in [-0.1, -0.05) is 29.8 Å². The molecule has 2 saturated heterocycles. The molecule has 0 saturated carbocycles. The van der Waals surface area contributed by atoms with Gasteiger partial charge >= 0.3 is 0 Å². The molecule has 0 aromatic heterocycles. The summed E-state index contributed by atoms with van der Waals surface area (Å²) in [4.78, 5) is 28.7. The highest BCUT2D eigenvalue weighted by Crippen LogP contribution is 2.24. The zero-order valence-corrected chi connectivity index (χ0v) is 14.7. The Morgan fingerprint density at radius 1 is 1.12 bits per heavy atom. The lowest BCUT2D eigenvalue weighted by Crippen LogP contribution is -2.50. The summed E-state index contributed by atoms with van der Waals surface area (Å²) in [7, 11) is 0. The molecule has 1 aromatic carbocycles. The normalized spacial score (nSPS) is 27.6. The molecule has 130 valence electrons. The fourth-order valence-corrected chi connectivity index (χ4v) is 3.62. The Morgan fingerprint density at radius 3 is 2.38 bits per heavy atom. The molecule has 0 spiro atoms. The Labute approximate surface area is 143 Å². The molecule has 0 bridgehead atoms. The largest absolute Gasteiger partial charge is 0.372 e. The van der Waals surface area contributed by atoms with E-state index in [0.717, 1.165) is 5.56 Å². The highest BCUT2D eigenvalue weighted by atomic mass is 16.5. The van der Waals surface area contributed by atoms with Gasteiger partial charge in [-0.15, -0.1) is 0 Å². The number of benzene rings is 1. The summed E-state index contributed by atoms with van der Waals surface area (Å²) in [6, 6.07) is 8.19. The molecule has 5 heteroatoms. The average molecular weight is 330 g/mol. The molecule has 3 rings (SSSR count). The topological polar surface area (TPSA) is 49.9 Å². The second-order valence-electron chi connectivity index (χ2n) is 7.16. The van der Waals surface area contributed by atoms with E-state index in [1.54, 1.807) is 4.90 Å². The van der Waals surface area contributed by atoms with Crippen molar-refractivity contribution in [2.45, 2.75) is 45.9 Å². The average Bonchev–Trinajstić information content (AvgIpc) is 2.89. The first kappa shape index (κ1) is 17.0. The molecule has 2 amide bonds. The van der Waals surface area contributed by atoms with Gasteiger partial charge in [0.05, 0.1) is 18.1 Å². The number of aryl methyl sites for hydroxylation is 1. The van der Waals surface area contributed by atoms with E-state index < -0.39 is 0 Å². The molecule has 2 heterocycles. The number of hydrogen-bond acceptors (Lipinski definition) is 3. The van der Waals surface area contributed by atoms with Gasteiger partial charge in [0.15, 0.2) is 0 Å². The van der Waals surface area contributed by atoms with Crippen LogP contribution in [-0.2, 0) is 20.9 Å². The summed E-state index contributed by atoms with van der Waals surface area (Å²) in [5.74, 6) is -0.0551. The lowest BCUT2D eigenvalue weighted by Gasteiger charge is -2.36. The SMILES string of the molecule is Cc1ccc(CN2CC(C(=O)N3CC(C)OC(C)C3)CC2=O)cc1. The van der Waals surface area contributed by atoms with E-state index in [9.17, 15) is 9.59 Å². The Hall–Kier alpha value is -1.88. The second-order valence-corrected chi connectivity index (χ2v) is 7.16. The number of morpholine rings is 1. The van der Waals surface area contributed by atoms with E-state index in [2.05, 4.69) is 12.1 Å². The lowest BCUT2D eigenvalue weighted by atomic mass is 10.1. The van der Waals surface area contributed by atoms with Crippen molar-refractivity contribution in [2.24, 2.45) is 5.92 Å². The van der Waals surface area contributed by atoms with Crippen molar-refractivity contribution in [1.82, 2.24) is 9.80 Å². The first-order valence-electron chi connectivity index (χ1n) is 8.70. The molecular weight excluding hydrogens is 304 g/mol. The maximum Gasteiger partial charge on any atom is 0.228 e. The predicted molar refractivity (Wildman–Crippen MR) is 91.3 cm³/mol. The Kier molecular flexibility index (Phi) is 4.90. The number of hydrogen-bond donors (Lipinski definition) is 0. The minimum atomic E-state index is -0.222. The first-order valence-corrected chi connectivity index (χ1v) is 8.70. The smallest absolute Gasteiger partial charge is 0.228 e. The number of carbonyl (C=O) groups excluding carboxylic acids is 2. The zero-order valence-electron chi connectivity index (χ0n) is 14.7. The van der Waals surface area contributed by atoms with Crippen molar-refractivity contribution in [2.75, 3.05) is 19.6 Å².